The van der Waals surface area contributed by atoms with E-state index in [1.165, 1.54) is 6.07 Å². The van der Waals surface area contributed by atoms with E-state index in [-0.39, 0.29) is 18.0 Å². The minimum absolute atomic E-state index is 0.0912. The summed E-state index contributed by atoms with van der Waals surface area (Å²) < 4.78 is 28.3. The van der Waals surface area contributed by atoms with Crippen LogP contribution in [0.25, 0.3) is 5.65 Å². The van der Waals surface area contributed by atoms with Crippen molar-refractivity contribution in [1.29, 1.82) is 0 Å². The van der Waals surface area contributed by atoms with Gasteiger partial charge in [-0.15, -0.1) is 0 Å². The van der Waals surface area contributed by atoms with Gasteiger partial charge in [0, 0.05) is 34.7 Å². The largest absolute Gasteiger partial charge is 0.497 e. The van der Waals surface area contributed by atoms with E-state index in [1.54, 1.807) is 17.7 Å². The Hall–Kier alpha value is -3.05. The fraction of sp³-hybridized carbons (Fsp3) is 0.441. The molecule has 2 aromatic heterocycles. The van der Waals surface area contributed by atoms with Crippen LogP contribution in [-0.2, 0) is 22.6 Å². The Bertz CT molecular complexity index is 1560. The Morgan fingerprint density at radius 1 is 1.09 bits per heavy atom. The molecule has 1 unspecified atom stereocenters. The first-order chi connectivity index (χ1) is 21.0. The first kappa shape index (κ1) is 30.0. The fourth-order valence-electron chi connectivity index (χ4n) is 6.52. The molecular formula is C34H38FIN4O3. The van der Waals surface area contributed by atoms with Crippen molar-refractivity contribution in [1.82, 2.24) is 14.6 Å². The molecule has 3 heterocycles. The van der Waals surface area contributed by atoms with Crippen molar-refractivity contribution in [2.24, 2.45) is 5.92 Å². The van der Waals surface area contributed by atoms with Crippen molar-refractivity contribution in [2.75, 3.05) is 18.6 Å². The number of methoxy groups -OCH3 is 1. The molecule has 0 amide bonds. The number of anilines is 1. The smallest absolute Gasteiger partial charge is 0.160 e. The Morgan fingerprint density at radius 2 is 1.95 bits per heavy atom. The van der Waals surface area contributed by atoms with Crippen LogP contribution >= 0.6 is 22.6 Å². The van der Waals surface area contributed by atoms with Gasteiger partial charge in [-0.25, -0.2) is 13.9 Å². The maximum atomic E-state index is 14.1. The van der Waals surface area contributed by atoms with Gasteiger partial charge >= 0.3 is 0 Å². The summed E-state index contributed by atoms with van der Waals surface area (Å²) in [4.78, 5) is 20.1. The van der Waals surface area contributed by atoms with Gasteiger partial charge < -0.3 is 14.4 Å². The summed E-state index contributed by atoms with van der Waals surface area (Å²) >= 11 is 2.29. The van der Waals surface area contributed by atoms with E-state index >= 15 is 0 Å². The third-order valence-corrected chi connectivity index (χ3v) is 9.92. The van der Waals surface area contributed by atoms with E-state index < -0.39 is 0 Å². The van der Waals surface area contributed by atoms with Crippen molar-refractivity contribution in [3.05, 3.63) is 87.0 Å². The summed E-state index contributed by atoms with van der Waals surface area (Å²) in [5.41, 5.74) is 3.93. The normalized spacial score (nSPS) is 20.3. The summed E-state index contributed by atoms with van der Waals surface area (Å²) in [7, 11) is 1.67. The highest BCUT2D eigenvalue weighted by Gasteiger charge is 2.29. The third-order valence-electron chi connectivity index (χ3n) is 8.93. The van der Waals surface area contributed by atoms with E-state index in [1.807, 2.05) is 48.8 Å². The molecule has 1 aliphatic carbocycles. The first-order valence-corrected chi connectivity index (χ1v) is 16.4. The highest BCUT2D eigenvalue weighted by Crippen LogP contribution is 2.38. The van der Waals surface area contributed by atoms with Gasteiger partial charge in [0.2, 0.25) is 0 Å². The van der Waals surface area contributed by atoms with Crippen molar-refractivity contribution < 1.29 is 18.7 Å². The molecule has 0 spiro atoms. The highest BCUT2D eigenvalue weighted by atomic mass is 127. The number of fused-ring (bicyclic) bond motifs is 1. The van der Waals surface area contributed by atoms with Crippen LogP contribution in [0.1, 0.15) is 74.1 Å². The van der Waals surface area contributed by atoms with Crippen LogP contribution in [0.5, 0.6) is 5.75 Å². The fourth-order valence-corrected chi connectivity index (χ4v) is 7.21. The number of hydrogen-bond donors (Lipinski definition) is 0. The van der Waals surface area contributed by atoms with Crippen molar-refractivity contribution in [2.45, 2.75) is 76.5 Å². The molecule has 9 heteroatoms. The summed E-state index contributed by atoms with van der Waals surface area (Å²) in [6.07, 6.45) is 11.9. The first-order valence-electron chi connectivity index (χ1n) is 15.3. The average molecular weight is 697 g/mol. The van der Waals surface area contributed by atoms with Gasteiger partial charge in [-0.3, -0.25) is 4.79 Å². The van der Waals surface area contributed by atoms with Gasteiger partial charge in [0.05, 0.1) is 32.1 Å². The second kappa shape index (κ2) is 13.7. The van der Waals surface area contributed by atoms with Gasteiger partial charge in [0.1, 0.15) is 23.2 Å². The molecule has 0 bridgehead atoms. The Kier molecular flexibility index (Phi) is 9.57. The van der Waals surface area contributed by atoms with E-state index in [0.29, 0.717) is 37.6 Å². The molecule has 4 aromatic rings. The number of halogens is 2. The van der Waals surface area contributed by atoms with Crippen LogP contribution in [0.15, 0.2) is 60.9 Å². The lowest BCUT2D eigenvalue weighted by atomic mass is 9.98. The topological polar surface area (TPSA) is 69.0 Å². The molecule has 0 N–H and O–H groups in total. The number of carbonyl (C=O) groups excluding carboxylic acids is 1. The van der Waals surface area contributed by atoms with Crippen LogP contribution in [-0.4, -0.2) is 40.1 Å². The number of rotatable bonds is 12. The zero-order valence-electron chi connectivity index (χ0n) is 24.6. The minimum Gasteiger partial charge on any atom is -0.497 e. The number of carbonyl (C=O) groups is 1. The van der Waals surface area contributed by atoms with Crippen molar-refractivity contribution in [3.8, 4) is 5.75 Å². The number of hydrogen-bond acceptors (Lipinski definition) is 6. The monoisotopic (exact) mass is 696 g/mol. The van der Waals surface area contributed by atoms with Crippen LogP contribution in [0.4, 0.5) is 10.2 Å². The average Bonchev–Trinajstić information content (AvgIpc) is 3.79. The summed E-state index contributed by atoms with van der Waals surface area (Å²) in [5, 5.41) is 4.49. The summed E-state index contributed by atoms with van der Waals surface area (Å²) in [6, 6.07) is 15.1. The van der Waals surface area contributed by atoms with E-state index in [0.717, 1.165) is 82.5 Å². The Balaban J connectivity index is 0.999. The lowest BCUT2D eigenvalue weighted by Gasteiger charge is -2.27. The van der Waals surface area contributed by atoms with Gasteiger partial charge in [0.25, 0.3) is 0 Å². The number of aromatic nitrogens is 3. The number of nitrogens with zero attached hydrogens (tertiary/aromatic N) is 4. The van der Waals surface area contributed by atoms with Crippen molar-refractivity contribution in [3.63, 3.8) is 0 Å². The Labute approximate surface area is 265 Å². The van der Waals surface area contributed by atoms with E-state index in [9.17, 15) is 9.18 Å². The number of benzene rings is 2. The van der Waals surface area contributed by atoms with Gasteiger partial charge in [-0.2, -0.15) is 5.10 Å². The van der Waals surface area contributed by atoms with Gasteiger partial charge in [-0.1, -0.05) is 12.1 Å². The highest BCUT2D eigenvalue weighted by molar-refractivity contribution is 14.1. The molecule has 2 fully saturated rings. The summed E-state index contributed by atoms with van der Waals surface area (Å²) in [5.74, 6) is 2.34. The molecule has 43 heavy (non-hydrogen) atoms. The molecule has 7 nitrogen and oxygen atoms in total. The SMILES string of the molecule is COc1ccc(CO[C@H]2CCC(CCC(=O)CCc3cnn4ccc(N5CCC[C@@H]5c5cc(F)ccc5I)nc34)C2)cc1. The van der Waals surface area contributed by atoms with Crippen LogP contribution in [0.3, 0.4) is 0 Å². The number of ketones is 1. The number of aryl methyl sites for hydroxylation is 1. The second-order valence-electron chi connectivity index (χ2n) is 11.8. The molecule has 2 aliphatic rings. The van der Waals surface area contributed by atoms with E-state index in [4.69, 9.17) is 14.5 Å². The number of ether oxygens (including phenoxy) is 2. The number of Topliss-reactive ketones (excluding diaryl/α,β-unsaturated/α-hetero) is 1. The maximum Gasteiger partial charge on any atom is 0.160 e. The lowest BCUT2D eigenvalue weighted by molar-refractivity contribution is -0.119. The molecular weight excluding hydrogens is 658 g/mol. The van der Waals surface area contributed by atoms with Crippen LogP contribution in [0.2, 0.25) is 0 Å². The third kappa shape index (κ3) is 7.20. The quantitative estimate of drug-likeness (QED) is 0.143. The molecule has 226 valence electrons. The Morgan fingerprint density at radius 3 is 2.79 bits per heavy atom. The molecule has 1 saturated heterocycles. The van der Waals surface area contributed by atoms with Crippen LogP contribution in [0, 0.1) is 15.3 Å². The molecule has 2 aromatic carbocycles. The van der Waals surface area contributed by atoms with Gasteiger partial charge in [-0.05, 0) is 121 Å². The molecule has 6 rings (SSSR count). The molecule has 3 atom stereocenters. The maximum absolute atomic E-state index is 14.1. The minimum atomic E-state index is -0.209. The molecule has 1 saturated carbocycles. The van der Waals surface area contributed by atoms with E-state index in [2.05, 4.69) is 32.6 Å². The lowest BCUT2D eigenvalue weighted by Crippen LogP contribution is -2.24. The summed E-state index contributed by atoms with van der Waals surface area (Å²) in [6.45, 7) is 1.48. The van der Waals surface area contributed by atoms with Gasteiger partial charge in [0.15, 0.2) is 5.65 Å². The second-order valence-corrected chi connectivity index (χ2v) is 12.9. The predicted molar refractivity (Wildman–Crippen MR) is 173 cm³/mol. The standard InChI is InChI=1S/C34H38FIN4O3/c1-42-28-12-6-24(7-13-28)22-43-29-14-5-23(19-29)4-10-27(41)11-8-25-21-37-40-18-16-33(38-34(25)40)39-17-2-3-32(39)30-20-26(35)9-15-31(30)36/h6-7,9,12-13,15-16,18,20-21,23,29,32H,2-5,8,10-11,14,17,19,22H2,1H3/t23?,29-,32+/m0/s1. The molecule has 1 aliphatic heterocycles. The molecule has 0 radical (unpaired) electrons. The predicted octanol–water partition coefficient (Wildman–Crippen LogP) is 7.49. The zero-order chi connectivity index (χ0) is 29.8. The van der Waals surface area contributed by atoms with Crippen molar-refractivity contribution >= 4 is 39.8 Å². The zero-order valence-corrected chi connectivity index (χ0v) is 26.7. The van der Waals surface area contributed by atoms with Crippen LogP contribution < -0.4 is 9.64 Å².